The lowest BCUT2D eigenvalue weighted by Gasteiger charge is -2.23. The topological polar surface area (TPSA) is 36.4 Å². The lowest BCUT2D eigenvalue weighted by molar-refractivity contribution is -0.138. The second kappa shape index (κ2) is 8.22. The van der Waals surface area contributed by atoms with Crippen molar-refractivity contribution in [1.82, 2.24) is 14.8 Å². The molecule has 4 nitrogen and oxygen atoms in total. The van der Waals surface area contributed by atoms with Gasteiger partial charge in [0.05, 0.1) is 11.1 Å². The van der Waals surface area contributed by atoms with Crippen LogP contribution in [0.2, 0.25) is 0 Å². The van der Waals surface area contributed by atoms with Gasteiger partial charge in [0, 0.05) is 51.2 Å². The van der Waals surface area contributed by atoms with Crippen LogP contribution in [0, 0.1) is 11.6 Å². The maximum absolute atomic E-state index is 13.3. The van der Waals surface area contributed by atoms with E-state index >= 15 is 0 Å². The van der Waals surface area contributed by atoms with Gasteiger partial charge in [-0.05, 0) is 30.2 Å². The number of hydrogen-bond acceptors (Lipinski definition) is 3. The van der Waals surface area contributed by atoms with Crippen LogP contribution in [0.1, 0.15) is 27.9 Å². The highest BCUT2D eigenvalue weighted by Gasteiger charge is 2.36. The molecular formula is C19H18F5N3O. The van der Waals surface area contributed by atoms with E-state index in [0.29, 0.717) is 31.6 Å². The van der Waals surface area contributed by atoms with Crippen molar-refractivity contribution < 1.29 is 26.7 Å². The first kappa shape index (κ1) is 20.2. The van der Waals surface area contributed by atoms with E-state index in [1.807, 2.05) is 4.90 Å². The Bertz CT molecular complexity index is 835. The summed E-state index contributed by atoms with van der Waals surface area (Å²) in [6.45, 7) is 1.73. The van der Waals surface area contributed by atoms with Crippen molar-refractivity contribution in [1.29, 1.82) is 0 Å². The molecule has 1 saturated heterocycles. The zero-order valence-corrected chi connectivity index (χ0v) is 14.8. The number of pyridine rings is 1. The Labute approximate surface area is 158 Å². The molecule has 1 amide bonds. The normalized spacial score (nSPS) is 16.1. The predicted octanol–water partition coefficient (Wildman–Crippen LogP) is 3.73. The second-order valence-electron chi connectivity index (χ2n) is 6.62. The molecular weight excluding hydrogens is 381 g/mol. The van der Waals surface area contributed by atoms with Gasteiger partial charge >= 0.3 is 6.18 Å². The Morgan fingerprint density at radius 3 is 2.43 bits per heavy atom. The molecule has 150 valence electrons. The van der Waals surface area contributed by atoms with Crippen LogP contribution in [0.25, 0.3) is 0 Å². The number of amides is 1. The predicted molar refractivity (Wildman–Crippen MR) is 91.4 cm³/mol. The van der Waals surface area contributed by atoms with Crippen LogP contribution >= 0.6 is 0 Å². The number of halogens is 5. The average molecular weight is 399 g/mol. The van der Waals surface area contributed by atoms with Crippen LogP contribution in [-0.4, -0.2) is 46.9 Å². The SMILES string of the molecule is O=C(c1cnccc1C(F)(F)F)N1CCCN(Cc2cc(F)cc(F)c2)CC1. The summed E-state index contributed by atoms with van der Waals surface area (Å²) >= 11 is 0. The second-order valence-corrected chi connectivity index (χ2v) is 6.62. The molecule has 1 aliphatic heterocycles. The largest absolute Gasteiger partial charge is 0.417 e. The van der Waals surface area contributed by atoms with Crippen LogP contribution in [0.5, 0.6) is 0 Å². The lowest BCUT2D eigenvalue weighted by atomic mass is 10.1. The molecule has 0 aliphatic carbocycles. The standard InChI is InChI=1S/C19H18F5N3O/c20-14-8-13(9-15(21)10-14)12-26-4-1-5-27(7-6-26)18(28)16-11-25-3-2-17(16)19(22,23)24/h2-3,8-11H,1,4-7,12H2. The highest BCUT2D eigenvalue weighted by atomic mass is 19.4. The maximum atomic E-state index is 13.3. The molecule has 1 aromatic heterocycles. The van der Waals surface area contributed by atoms with Gasteiger partial charge in [-0.3, -0.25) is 14.7 Å². The molecule has 1 aliphatic rings. The summed E-state index contributed by atoms with van der Waals surface area (Å²) in [5, 5.41) is 0. The molecule has 0 saturated carbocycles. The van der Waals surface area contributed by atoms with Gasteiger partial charge in [0.15, 0.2) is 0 Å². The van der Waals surface area contributed by atoms with Crippen LogP contribution in [0.3, 0.4) is 0 Å². The van der Waals surface area contributed by atoms with Crippen molar-refractivity contribution in [2.75, 3.05) is 26.2 Å². The summed E-state index contributed by atoms with van der Waals surface area (Å²) in [5.74, 6) is -2.06. The number of hydrogen-bond donors (Lipinski definition) is 0. The van der Waals surface area contributed by atoms with Crippen LogP contribution in [-0.2, 0) is 12.7 Å². The Balaban J connectivity index is 1.69. The molecule has 2 heterocycles. The van der Waals surface area contributed by atoms with E-state index in [2.05, 4.69) is 4.98 Å². The summed E-state index contributed by atoms with van der Waals surface area (Å²) in [7, 11) is 0. The molecule has 0 unspecified atom stereocenters. The van der Waals surface area contributed by atoms with Crippen molar-refractivity contribution in [3.8, 4) is 0 Å². The summed E-state index contributed by atoms with van der Waals surface area (Å²) in [6, 6.07) is 4.05. The summed E-state index contributed by atoms with van der Waals surface area (Å²) in [4.78, 5) is 19.6. The summed E-state index contributed by atoms with van der Waals surface area (Å²) < 4.78 is 66.2. The Kier molecular flexibility index (Phi) is 5.93. The maximum Gasteiger partial charge on any atom is 0.417 e. The quantitative estimate of drug-likeness (QED) is 0.738. The number of aromatic nitrogens is 1. The van der Waals surface area contributed by atoms with Crippen molar-refractivity contribution in [3.05, 3.63) is 65.0 Å². The first-order valence-electron chi connectivity index (χ1n) is 8.72. The molecule has 28 heavy (non-hydrogen) atoms. The molecule has 0 bridgehead atoms. The molecule has 0 spiro atoms. The number of alkyl halides is 3. The molecule has 3 rings (SSSR count). The summed E-state index contributed by atoms with van der Waals surface area (Å²) in [6.07, 6.45) is -2.18. The number of carbonyl (C=O) groups is 1. The van der Waals surface area contributed by atoms with Gasteiger partial charge < -0.3 is 4.90 Å². The fraction of sp³-hybridized carbons (Fsp3) is 0.368. The Morgan fingerprint density at radius 1 is 1.04 bits per heavy atom. The number of rotatable bonds is 3. The van der Waals surface area contributed by atoms with E-state index in [9.17, 15) is 26.7 Å². The Hall–Kier alpha value is -2.55. The van der Waals surface area contributed by atoms with Gasteiger partial charge in [0.2, 0.25) is 0 Å². The smallest absolute Gasteiger partial charge is 0.337 e. The van der Waals surface area contributed by atoms with Gasteiger partial charge in [-0.2, -0.15) is 13.2 Å². The molecule has 0 N–H and O–H groups in total. The minimum absolute atomic E-state index is 0.211. The highest BCUT2D eigenvalue weighted by molar-refractivity contribution is 5.95. The molecule has 1 aromatic carbocycles. The first-order chi connectivity index (χ1) is 13.2. The zero-order valence-electron chi connectivity index (χ0n) is 14.8. The molecule has 2 aromatic rings. The Morgan fingerprint density at radius 2 is 1.75 bits per heavy atom. The third kappa shape index (κ3) is 4.83. The van der Waals surface area contributed by atoms with E-state index in [4.69, 9.17) is 0 Å². The van der Waals surface area contributed by atoms with E-state index in [1.165, 1.54) is 17.0 Å². The minimum Gasteiger partial charge on any atom is -0.337 e. The fourth-order valence-corrected chi connectivity index (χ4v) is 3.27. The third-order valence-electron chi connectivity index (χ3n) is 4.56. The average Bonchev–Trinajstić information content (AvgIpc) is 2.85. The van der Waals surface area contributed by atoms with Gasteiger partial charge in [-0.15, -0.1) is 0 Å². The van der Waals surface area contributed by atoms with Crippen LogP contribution < -0.4 is 0 Å². The first-order valence-corrected chi connectivity index (χ1v) is 8.72. The van der Waals surface area contributed by atoms with Crippen molar-refractivity contribution >= 4 is 5.91 Å². The minimum atomic E-state index is -4.65. The van der Waals surface area contributed by atoms with E-state index in [-0.39, 0.29) is 13.1 Å². The monoisotopic (exact) mass is 399 g/mol. The van der Waals surface area contributed by atoms with Gasteiger partial charge in [0.25, 0.3) is 5.91 Å². The zero-order chi connectivity index (χ0) is 20.3. The van der Waals surface area contributed by atoms with Crippen LogP contribution in [0.4, 0.5) is 22.0 Å². The van der Waals surface area contributed by atoms with Crippen molar-refractivity contribution in [2.24, 2.45) is 0 Å². The number of carbonyl (C=O) groups excluding carboxylic acids is 1. The molecule has 1 fully saturated rings. The number of nitrogens with zero attached hydrogens (tertiary/aromatic N) is 3. The molecule has 0 radical (unpaired) electrons. The van der Waals surface area contributed by atoms with Gasteiger partial charge in [-0.25, -0.2) is 8.78 Å². The van der Waals surface area contributed by atoms with Crippen molar-refractivity contribution in [2.45, 2.75) is 19.1 Å². The highest BCUT2D eigenvalue weighted by Crippen LogP contribution is 2.32. The molecule has 0 atom stereocenters. The van der Waals surface area contributed by atoms with E-state index < -0.39 is 34.8 Å². The van der Waals surface area contributed by atoms with E-state index in [1.54, 1.807) is 0 Å². The fourth-order valence-electron chi connectivity index (χ4n) is 3.27. The van der Waals surface area contributed by atoms with Gasteiger partial charge in [0.1, 0.15) is 11.6 Å². The summed E-state index contributed by atoms with van der Waals surface area (Å²) in [5.41, 5.74) is -1.02. The molecule has 9 heteroatoms. The van der Waals surface area contributed by atoms with Crippen molar-refractivity contribution in [3.63, 3.8) is 0 Å². The van der Waals surface area contributed by atoms with Gasteiger partial charge in [-0.1, -0.05) is 0 Å². The number of benzene rings is 1. The lowest BCUT2D eigenvalue weighted by Crippen LogP contribution is -2.36. The third-order valence-corrected chi connectivity index (χ3v) is 4.56. The van der Waals surface area contributed by atoms with E-state index in [0.717, 1.165) is 24.5 Å². The van der Waals surface area contributed by atoms with Crippen LogP contribution in [0.15, 0.2) is 36.7 Å².